The van der Waals surface area contributed by atoms with E-state index in [0.29, 0.717) is 31.5 Å². The molecular weight excluding hydrogens is 367 g/mol. The fraction of sp³-hybridized carbons (Fsp3) is 0.417. The van der Waals surface area contributed by atoms with E-state index in [1.54, 1.807) is 4.90 Å². The van der Waals surface area contributed by atoms with Crippen molar-refractivity contribution < 1.29 is 14.0 Å². The predicted octanol–water partition coefficient (Wildman–Crippen LogP) is 4.35. The van der Waals surface area contributed by atoms with Crippen LogP contribution in [0.4, 0.5) is 4.39 Å². The van der Waals surface area contributed by atoms with Gasteiger partial charge in [-0.3, -0.25) is 9.59 Å². The molecule has 152 valence electrons. The number of hydrogen-bond donors (Lipinski definition) is 0. The molecular formula is C24H27FN2O2. The van der Waals surface area contributed by atoms with Crippen molar-refractivity contribution in [2.75, 3.05) is 19.6 Å². The Morgan fingerprint density at radius 2 is 1.62 bits per heavy atom. The highest BCUT2D eigenvalue weighted by molar-refractivity contribution is 5.94. The predicted molar refractivity (Wildman–Crippen MR) is 110 cm³/mol. The summed E-state index contributed by atoms with van der Waals surface area (Å²) in [5, 5.41) is 0. The third kappa shape index (κ3) is 4.04. The zero-order valence-corrected chi connectivity index (χ0v) is 16.8. The summed E-state index contributed by atoms with van der Waals surface area (Å²) in [7, 11) is 0. The Bertz CT molecular complexity index is 888. The molecule has 2 amide bonds. The molecule has 2 aromatic rings. The van der Waals surface area contributed by atoms with Crippen LogP contribution in [0.3, 0.4) is 0 Å². The van der Waals surface area contributed by atoms with Gasteiger partial charge in [-0.25, -0.2) is 4.39 Å². The summed E-state index contributed by atoms with van der Waals surface area (Å²) in [6.45, 7) is 4.05. The maximum Gasteiger partial charge on any atom is 0.253 e. The van der Waals surface area contributed by atoms with Crippen molar-refractivity contribution in [1.29, 1.82) is 0 Å². The first-order valence-electron chi connectivity index (χ1n) is 10.5. The van der Waals surface area contributed by atoms with E-state index in [0.717, 1.165) is 19.4 Å². The van der Waals surface area contributed by atoms with Crippen LogP contribution in [0.25, 0.3) is 0 Å². The van der Waals surface area contributed by atoms with Gasteiger partial charge in [0, 0.05) is 31.1 Å². The first kappa shape index (κ1) is 19.6. The minimum Gasteiger partial charge on any atom is -0.339 e. The van der Waals surface area contributed by atoms with Gasteiger partial charge in [0.2, 0.25) is 5.91 Å². The lowest BCUT2D eigenvalue weighted by atomic mass is 9.93. The molecule has 1 unspecified atom stereocenters. The van der Waals surface area contributed by atoms with Crippen LogP contribution < -0.4 is 0 Å². The van der Waals surface area contributed by atoms with Crippen molar-refractivity contribution in [3.63, 3.8) is 0 Å². The first-order chi connectivity index (χ1) is 14.0. The minimum absolute atomic E-state index is 0.0307. The van der Waals surface area contributed by atoms with Crippen LogP contribution in [0.5, 0.6) is 0 Å². The second-order valence-corrected chi connectivity index (χ2v) is 8.12. The fourth-order valence-electron chi connectivity index (χ4n) is 4.65. The number of benzene rings is 2. The maximum absolute atomic E-state index is 13.3. The molecule has 4 rings (SSSR count). The highest BCUT2D eigenvalue weighted by atomic mass is 19.1. The van der Waals surface area contributed by atoms with Gasteiger partial charge in [-0.2, -0.15) is 0 Å². The number of carbonyl (C=O) groups excluding carboxylic acids is 2. The quantitative estimate of drug-likeness (QED) is 0.777. The van der Waals surface area contributed by atoms with E-state index in [1.165, 1.54) is 35.4 Å². The molecule has 0 N–H and O–H groups in total. The molecule has 4 nitrogen and oxygen atoms in total. The van der Waals surface area contributed by atoms with Crippen LogP contribution in [-0.4, -0.2) is 41.2 Å². The lowest BCUT2D eigenvalue weighted by Gasteiger charge is -2.35. The molecule has 2 aliphatic rings. The van der Waals surface area contributed by atoms with E-state index in [1.807, 2.05) is 12.1 Å². The average molecular weight is 394 g/mol. The van der Waals surface area contributed by atoms with Gasteiger partial charge < -0.3 is 9.80 Å². The summed E-state index contributed by atoms with van der Waals surface area (Å²) in [6, 6.07) is 14.1. The first-order valence-corrected chi connectivity index (χ1v) is 10.5. The summed E-state index contributed by atoms with van der Waals surface area (Å²) in [5.41, 5.74) is 2.98. The number of halogens is 1. The number of piperidine rings is 1. The Morgan fingerprint density at radius 3 is 2.31 bits per heavy atom. The standard InChI is InChI=1S/C24H27FN2O2/c1-17-5-2-3-6-21(17)22-7-4-14-27(22)24(29)19-12-15-26(16-13-19)23(28)18-8-10-20(25)11-9-18/h2-3,5-6,8-11,19,22H,4,7,12-16H2,1H3. The molecule has 2 fully saturated rings. The van der Waals surface area contributed by atoms with Crippen molar-refractivity contribution in [1.82, 2.24) is 9.80 Å². The lowest BCUT2D eigenvalue weighted by molar-refractivity contribution is -0.137. The van der Waals surface area contributed by atoms with E-state index in [-0.39, 0.29) is 29.6 Å². The van der Waals surface area contributed by atoms with E-state index >= 15 is 0 Å². The topological polar surface area (TPSA) is 40.6 Å². The minimum atomic E-state index is -0.348. The summed E-state index contributed by atoms with van der Waals surface area (Å²) in [5.74, 6) is -0.240. The van der Waals surface area contributed by atoms with E-state index in [4.69, 9.17) is 0 Å². The van der Waals surface area contributed by atoms with Crippen molar-refractivity contribution in [3.05, 3.63) is 71.0 Å². The Hall–Kier alpha value is -2.69. The summed E-state index contributed by atoms with van der Waals surface area (Å²) < 4.78 is 13.1. The molecule has 5 heteroatoms. The number of likely N-dealkylation sites (tertiary alicyclic amines) is 2. The van der Waals surface area contributed by atoms with Gasteiger partial charge in [0.25, 0.3) is 5.91 Å². The molecule has 0 saturated carbocycles. The average Bonchev–Trinajstić information content (AvgIpc) is 3.23. The SMILES string of the molecule is Cc1ccccc1C1CCCN1C(=O)C1CCN(C(=O)c2ccc(F)cc2)CC1. The molecule has 0 radical (unpaired) electrons. The van der Waals surface area contributed by atoms with Gasteiger partial charge in [0.05, 0.1) is 6.04 Å². The summed E-state index contributed by atoms with van der Waals surface area (Å²) in [4.78, 5) is 29.7. The second kappa shape index (κ2) is 8.36. The number of amides is 2. The third-order valence-corrected chi connectivity index (χ3v) is 6.31. The Morgan fingerprint density at radius 1 is 0.931 bits per heavy atom. The number of nitrogens with zero attached hydrogens (tertiary/aromatic N) is 2. The molecule has 0 aliphatic carbocycles. The van der Waals surface area contributed by atoms with E-state index < -0.39 is 0 Å². The molecule has 0 spiro atoms. The van der Waals surface area contributed by atoms with Crippen LogP contribution >= 0.6 is 0 Å². The van der Waals surface area contributed by atoms with Gasteiger partial charge in [0.15, 0.2) is 0 Å². The Kier molecular flexibility index (Phi) is 5.65. The lowest BCUT2D eigenvalue weighted by Crippen LogP contribution is -2.44. The van der Waals surface area contributed by atoms with Crippen LogP contribution in [0.1, 0.15) is 53.2 Å². The molecule has 0 bridgehead atoms. The maximum atomic E-state index is 13.3. The summed E-state index contributed by atoms with van der Waals surface area (Å²) >= 11 is 0. The molecule has 2 saturated heterocycles. The van der Waals surface area contributed by atoms with Gasteiger partial charge in [-0.15, -0.1) is 0 Å². The van der Waals surface area contributed by atoms with Gasteiger partial charge >= 0.3 is 0 Å². The highest BCUT2D eigenvalue weighted by Gasteiger charge is 2.36. The second-order valence-electron chi connectivity index (χ2n) is 8.12. The third-order valence-electron chi connectivity index (χ3n) is 6.31. The molecule has 2 aromatic carbocycles. The zero-order chi connectivity index (χ0) is 20.4. The van der Waals surface area contributed by atoms with Crippen molar-refractivity contribution in [2.24, 2.45) is 5.92 Å². The molecule has 2 aliphatic heterocycles. The number of carbonyl (C=O) groups is 2. The number of aryl methyl sites for hydroxylation is 1. The van der Waals surface area contributed by atoms with Crippen molar-refractivity contribution >= 4 is 11.8 Å². The number of rotatable bonds is 3. The van der Waals surface area contributed by atoms with Crippen molar-refractivity contribution in [2.45, 2.75) is 38.6 Å². The normalized spacial score (nSPS) is 20.1. The monoisotopic (exact) mass is 394 g/mol. The zero-order valence-electron chi connectivity index (χ0n) is 16.8. The largest absolute Gasteiger partial charge is 0.339 e. The van der Waals surface area contributed by atoms with Gasteiger partial charge in [-0.1, -0.05) is 24.3 Å². The van der Waals surface area contributed by atoms with Gasteiger partial charge in [-0.05, 0) is 68.0 Å². The van der Waals surface area contributed by atoms with Crippen LogP contribution in [0.2, 0.25) is 0 Å². The molecule has 0 aromatic heterocycles. The highest BCUT2D eigenvalue weighted by Crippen LogP contribution is 2.36. The molecule has 2 heterocycles. The smallest absolute Gasteiger partial charge is 0.253 e. The van der Waals surface area contributed by atoms with Gasteiger partial charge in [0.1, 0.15) is 5.82 Å². The van der Waals surface area contributed by atoms with E-state index in [2.05, 4.69) is 24.0 Å². The fourth-order valence-corrected chi connectivity index (χ4v) is 4.65. The molecule has 1 atom stereocenters. The van der Waals surface area contributed by atoms with Crippen LogP contribution in [-0.2, 0) is 4.79 Å². The number of hydrogen-bond acceptors (Lipinski definition) is 2. The Labute approximate surface area is 171 Å². The summed E-state index contributed by atoms with van der Waals surface area (Å²) in [6.07, 6.45) is 3.41. The van der Waals surface area contributed by atoms with Crippen LogP contribution in [0.15, 0.2) is 48.5 Å². The van der Waals surface area contributed by atoms with E-state index in [9.17, 15) is 14.0 Å². The van der Waals surface area contributed by atoms with Crippen molar-refractivity contribution in [3.8, 4) is 0 Å². The molecule has 29 heavy (non-hydrogen) atoms. The van der Waals surface area contributed by atoms with Crippen LogP contribution in [0, 0.1) is 18.7 Å². The Balaban J connectivity index is 1.39.